The molecule has 198 valence electrons. The van der Waals surface area contributed by atoms with Crippen LogP contribution in [-0.4, -0.2) is 66.2 Å². The molecule has 2 amide bonds. The highest BCUT2D eigenvalue weighted by molar-refractivity contribution is 6.48. The standard InChI is InChI=1S/C27H35BN2O7/c1-26(2)17-12-21(26)27(3)22(13-17)36-28(37-27)23(11-16-14-34-20-9-5-4-8-19(16)20)29-24(31)35-15-18-7-6-10-30(18)25(32)33/h4-5,8-9,14,17-18,21-23H,6-7,10-13,15H2,1-3H3,(H,29,31)(H,32,33)/t17-,18+,21-,22+,23-,27-/m0/s1. The third-order valence-corrected chi connectivity index (χ3v) is 9.63. The van der Waals surface area contributed by atoms with Crippen LogP contribution in [0.15, 0.2) is 34.9 Å². The number of para-hydroxylation sites is 1. The summed E-state index contributed by atoms with van der Waals surface area (Å²) in [7, 11) is -0.631. The number of hydrogen-bond donors (Lipinski definition) is 2. The van der Waals surface area contributed by atoms with Crippen LogP contribution in [0.3, 0.4) is 0 Å². The number of hydrogen-bond acceptors (Lipinski definition) is 6. The molecule has 5 aliphatic rings. The van der Waals surface area contributed by atoms with E-state index in [4.69, 9.17) is 18.5 Å². The second kappa shape index (κ2) is 8.94. The van der Waals surface area contributed by atoms with Crippen LogP contribution in [0.2, 0.25) is 0 Å². The maximum atomic E-state index is 13.0. The normalized spacial score (nSPS) is 32.6. The van der Waals surface area contributed by atoms with Crippen molar-refractivity contribution in [2.45, 2.75) is 76.6 Å². The van der Waals surface area contributed by atoms with Gasteiger partial charge in [-0.15, -0.1) is 0 Å². The molecule has 3 heterocycles. The predicted octanol–water partition coefficient (Wildman–Crippen LogP) is 4.48. The highest BCUT2D eigenvalue weighted by Crippen LogP contribution is 2.65. The summed E-state index contributed by atoms with van der Waals surface area (Å²) in [4.78, 5) is 25.8. The Morgan fingerprint density at radius 3 is 2.86 bits per heavy atom. The van der Waals surface area contributed by atoms with Crippen molar-refractivity contribution in [3.05, 3.63) is 36.1 Å². The molecule has 5 fully saturated rings. The van der Waals surface area contributed by atoms with Crippen LogP contribution < -0.4 is 5.32 Å². The molecule has 3 aliphatic carbocycles. The van der Waals surface area contributed by atoms with Gasteiger partial charge in [0.1, 0.15) is 12.2 Å². The van der Waals surface area contributed by atoms with Crippen molar-refractivity contribution < 1.29 is 33.2 Å². The Bertz CT molecular complexity index is 1200. The Morgan fingerprint density at radius 2 is 2.08 bits per heavy atom. The van der Waals surface area contributed by atoms with Crippen LogP contribution in [-0.2, 0) is 20.5 Å². The summed E-state index contributed by atoms with van der Waals surface area (Å²) in [5.41, 5.74) is 1.54. The van der Waals surface area contributed by atoms with Gasteiger partial charge in [-0.1, -0.05) is 32.0 Å². The van der Waals surface area contributed by atoms with Gasteiger partial charge < -0.3 is 33.8 Å². The molecule has 1 aromatic heterocycles. The minimum Gasteiger partial charge on any atom is -0.465 e. The maximum absolute atomic E-state index is 13.0. The number of alkyl carbamates (subject to hydrolysis) is 1. The van der Waals surface area contributed by atoms with Crippen LogP contribution in [0.4, 0.5) is 9.59 Å². The number of rotatable bonds is 6. The Kier molecular flexibility index (Phi) is 5.95. The van der Waals surface area contributed by atoms with E-state index in [0.29, 0.717) is 31.2 Å². The summed E-state index contributed by atoms with van der Waals surface area (Å²) in [6.07, 6.45) is 4.10. The molecular formula is C27H35BN2O7. The van der Waals surface area contributed by atoms with E-state index in [-0.39, 0.29) is 24.2 Å². The van der Waals surface area contributed by atoms with E-state index in [0.717, 1.165) is 35.8 Å². The maximum Gasteiger partial charge on any atom is 0.482 e. The Balaban J connectivity index is 1.19. The first-order chi connectivity index (χ1) is 17.7. The summed E-state index contributed by atoms with van der Waals surface area (Å²) in [6.45, 7) is 7.27. The number of ether oxygens (including phenoxy) is 1. The lowest BCUT2D eigenvalue weighted by Crippen LogP contribution is -2.65. The molecule has 2 aliphatic heterocycles. The summed E-state index contributed by atoms with van der Waals surface area (Å²) in [5, 5.41) is 13.4. The zero-order valence-corrected chi connectivity index (χ0v) is 21.6. The van der Waals surface area contributed by atoms with Crippen LogP contribution in [0, 0.1) is 17.3 Å². The van der Waals surface area contributed by atoms with Gasteiger partial charge >= 0.3 is 19.3 Å². The zero-order chi connectivity index (χ0) is 25.9. The molecule has 2 saturated heterocycles. The highest BCUT2D eigenvalue weighted by Gasteiger charge is 2.68. The summed E-state index contributed by atoms with van der Waals surface area (Å²) in [5.74, 6) is 0.520. The zero-order valence-electron chi connectivity index (χ0n) is 21.6. The number of nitrogens with one attached hydrogen (secondary N) is 1. The number of amides is 2. The van der Waals surface area contributed by atoms with Crippen molar-refractivity contribution in [3.63, 3.8) is 0 Å². The topological polar surface area (TPSA) is 110 Å². The van der Waals surface area contributed by atoms with Gasteiger partial charge in [-0.2, -0.15) is 0 Å². The number of fused-ring (bicyclic) bond motifs is 1. The van der Waals surface area contributed by atoms with E-state index >= 15 is 0 Å². The Labute approximate surface area is 216 Å². The first-order valence-electron chi connectivity index (χ1n) is 13.4. The van der Waals surface area contributed by atoms with Crippen molar-refractivity contribution in [2.75, 3.05) is 13.2 Å². The molecule has 1 aromatic carbocycles. The molecule has 2 aromatic rings. The molecule has 9 nitrogen and oxygen atoms in total. The third kappa shape index (κ3) is 4.09. The minimum absolute atomic E-state index is 0.0155. The van der Waals surface area contributed by atoms with E-state index in [2.05, 4.69) is 26.1 Å². The molecule has 7 rings (SSSR count). The largest absolute Gasteiger partial charge is 0.482 e. The van der Waals surface area contributed by atoms with Crippen LogP contribution in [0.5, 0.6) is 0 Å². The number of carbonyl (C=O) groups excluding carboxylic acids is 1. The lowest BCUT2D eigenvalue weighted by molar-refractivity contribution is -0.199. The van der Waals surface area contributed by atoms with Gasteiger partial charge in [-0.3, -0.25) is 0 Å². The first kappa shape index (κ1) is 24.6. The number of benzene rings is 1. The number of nitrogens with zero attached hydrogens (tertiary/aromatic N) is 1. The average molecular weight is 510 g/mol. The Hall–Kier alpha value is -2.72. The van der Waals surface area contributed by atoms with Crippen molar-refractivity contribution in [1.82, 2.24) is 10.2 Å². The monoisotopic (exact) mass is 510 g/mol. The lowest BCUT2D eigenvalue weighted by Gasteiger charge is -2.64. The van der Waals surface area contributed by atoms with Crippen molar-refractivity contribution in [1.29, 1.82) is 0 Å². The van der Waals surface area contributed by atoms with Gasteiger partial charge in [-0.25, -0.2) is 9.59 Å². The first-order valence-corrected chi connectivity index (χ1v) is 13.4. The molecule has 0 unspecified atom stereocenters. The smallest absolute Gasteiger partial charge is 0.465 e. The van der Waals surface area contributed by atoms with Crippen LogP contribution >= 0.6 is 0 Å². The number of likely N-dealkylation sites (tertiary alicyclic amines) is 1. The molecule has 2 bridgehead atoms. The van der Waals surface area contributed by atoms with Crippen molar-refractivity contribution in [2.24, 2.45) is 17.3 Å². The van der Waals surface area contributed by atoms with Crippen LogP contribution in [0.1, 0.15) is 52.0 Å². The van der Waals surface area contributed by atoms with E-state index in [1.807, 2.05) is 24.3 Å². The average Bonchev–Trinajstić information content (AvgIpc) is 3.58. The van der Waals surface area contributed by atoms with E-state index < -0.39 is 30.8 Å². The molecule has 10 heteroatoms. The fourth-order valence-corrected chi connectivity index (χ4v) is 7.34. The molecular weight excluding hydrogens is 475 g/mol. The lowest BCUT2D eigenvalue weighted by atomic mass is 9.43. The summed E-state index contributed by atoms with van der Waals surface area (Å²) >= 11 is 0. The summed E-state index contributed by atoms with van der Waals surface area (Å²) < 4.78 is 24.4. The second-order valence-electron chi connectivity index (χ2n) is 11.9. The minimum atomic E-state index is -0.985. The van der Waals surface area contributed by atoms with Crippen LogP contribution in [0.25, 0.3) is 11.0 Å². The molecule has 0 radical (unpaired) electrons. The number of carboxylic acid groups (broad SMARTS) is 1. The molecule has 6 atom stereocenters. The van der Waals surface area contributed by atoms with Crippen molar-refractivity contribution in [3.8, 4) is 0 Å². The predicted molar refractivity (Wildman–Crippen MR) is 136 cm³/mol. The van der Waals surface area contributed by atoms with E-state index in [1.165, 1.54) is 4.90 Å². The molecule has 0 spiro atoms. The SMILES string of the molecule is CC1(C)[C@@H]2C[C@H]3OB([C@H](Cc4coc5ccccc45)NC(=O)OC[C@H]4CCCN4C(=O)O)O[C@@]3(C)[C@H]1C2. The number of furan rings is 1. The molecule has 2 N–H and O–H groups in total. The van der Waals surface area contributed by atoms with E-state index in [1.54, 1.807) is 6.26 Å². The summed E-state index contributed by atoms with van der Waals surface area (Å²) in [6, 6.07) is 7.47. The highest BCUT2D eigenvalue weighted by atomic mass is 16.7. The second-order valence-corrected chi connectivity index (χ2v) is 11.9. The fourth-order valence-electron chi connectivity index (χ4n) is 7.34. The fraction of sp³-hybridized carbons (Fsp3) is 0.630. The van der Waals surface area contributed by atoms with Gasteiger partial charge in [0.2, 0.25) is 0 Å². The molecule has 37 heavy (non-hydrogen) atoms. The third-order valence-electron chi connectivity index (χ3n) is 9.63. The van der Waals surface area contributed by atoms with E-state index in [9.17, 15) is 14.7 Å². The van der Waals surface area contributed by atoms with Gasteiger partial charge in [0, 0.05) is 11.9 Å². The van der Waals surface area contributed by atoms with Gasteiger partial charge in [-0.05, 0) is 67.9 Å². The quantitative estimate of drug-likeness (QED) is 0.552. The van der Waals surface area contributed by atoms with Gasteiger partial charge in [0.15, 0.2) is 0 Å². The van der Waals surface area contributed by atoms with Gasteiger partial charge in [0.05, 0.1) is 30.0 Å². The van der Waals surface area contributed by atoms with Crippen molar-refractivity contribution >= 4 is 30.3 Å². The molecule has 3 saturated carbocycles. The Morgan fingerprint density at radius 1 is 1.27 bits per heavy atom. The van der Waals surface area contributed by atoms with Gasteiger partial charge in [0.25, 0.3) is 0 Å². The number of carbonyl (C=O) groups is 2.